The molecule has 0 aliphatic heterocycles. The van der Waals surface area contributed by atoms with E-state index in [0.29, 0.717) is 17.9 Å². The van der Waals surface area contributed by atoms with Crippen molar-refractivity contribution in [2.45, 2.75) is 32.3 Å². The van der Waals surface area contributed by atoms with Gasteiger partial charge in [-0.1, -0.05) is 19.1 Å². The van der Waals surface area contributed by atoms with Crippen LogP contribution in [0.25, 0.3) is 0 Å². The molecule has 2 rings (SSSR count). The van der Waals surface area contributed by atoms with Crippen LogP contribution in [0.4, 0.5) is 0 Å². The molecule has 118 valence electrons. The summed E-state index contributed by atoms with van der Waals surface area (Å²) in [4.78, 5) is 0. The largest absolute Gasteiger partial charge is 0.508 e. The van der Waals surface area contributed by atoms with Crippen molar-refractivity contribution in [2.75, 3.05) is 0 Å². The highest BCUT2D eigenvalue weighted by molar-refractivity contribution is 5.37. The Bertz CT molecular complexity index is 587. The monoisotopic (exact) mass is 302 g/mol. The van der Waals surface area contributed by atoms with Gasteiger partial charge < -0.3 is 20.4 Å². The number of aliphatic hydroxyl groups excluding tert-OH is 1. The van der Waals surface area contributed by atoms with Crippen molar-refractivity contribution in [2.24, 2.45) is 5.92 Å². The molecule has 2 aromatic rings. The van der Waals surface area contributed by atoms with Crippen LogP contribution in [-0.2, 0) is 6.42 Å². The van der Waals surface area contributed by atoms with E-state index in [1.807, 2.05) is 12.1 Å². The van der Waals surface area contributed by atoms with E-state index < -0.39 is 6.10 Å². The third-order valence-corrected chi connectivity index (χ3v) is 3.76. The summed E-state index contributed by atoms with van der Waals surface area (Å²) in [5, 5.41) is 38.3. The van der Waals surface area contributed by atoms with Crippen LogP contribution in [-0.4, -0.2) is 20.4 Å². The molecule has 0 aromatic heterocycles. The molecule has 0 spiro atoms. The molecule has 0 aliphatic carbocycles. The average molecular weight is 302 g/mol. The van der Waals surface area contributed by atoms with Gasteiger partial charge in [0.15, 0.2) is 0 Å². The maximum absolute atomic E-state index is 10.2. The van der Waals surface area contributed by atoms with Gasteiger partial charge in [-0.2, -0.15) is 0 Å². The summed E-state index contributed by atoms with van der Waals surface area (Å²) in [6.07, 6.45) is 1.54. The highest BCUT2D eigenvalue weighted by Crippen LogP contribution is 2.28. The lowest BCUT2D eigenvalue weighted by atomic mass is 9.93. The molecule has 0 aliphatic rings. The van der Waals surface area contributed by atoms with E-state index >= 15 is 0 Å². The van der Waals surface area contributed by atoms with Crippen molar-refractivity contribution >= 4 is 0 Å². The Kier molecular flexibility index (Phi) is 5.28. The van der Waals surface area contributed by atoms with Gasteiger partial charge >= 0.3 is 0 Å². The summed E-state index contributed by atoms with van der Waals surface area (Å²) in [5.41, 5.74) is 1.67. The summed E-state index contributed by atoms with van der Waals surface area (Å²) in [5.74, 6) is 0.540. The van der Waals surface area contributed by atoms with Crippen molar-refractivity contribution in [1.29, 1.82) is 0 Å². The van der Waals surface area contributed by atoms with Crippen molar-refractivity contribution in [1.82, 2.24) is 0 Å². The van der Waals surface area contributed by atoms with Gasteiger partial charge in [0.25, 0.3) is 0 Å². The molecule has 0 fully saturated rings. The molecule has 0 amide bonds. The van der Waals surface area contributed by atoms with Crippen LogP contribution in [0.1, 0.15) is 37.0 Å². The number of aliphatic hydroxyl groups is 1. The van der Waals surface area contributed by atoms with Gasteiger partial charge in [-0.05, 0) is 60.6 Å². The molecule has 0 unspecified atom stereocenters. The summed E-state index contributed by atoms with van der Waals surface area (Å²) >= 11 is 0. The predicted octanol–water partition coefficient (Wildman–Crippen LogP) is 3.50. The van der Waals surface area contributed by atoms with Gasteiger partial charge in [-0.25, -0.2) is 0 Å². The maximum atomic E-state index is 10.2. The molecule has 2 aromatic carbocycles. The number of benzene rings is 2. The van der Waals surface area contributed by atoms with E-state index in [1.165, 1.54) is 18.2 Å². The third kappa shape index (κ3) is 4.67. The molecule has 0 saturated heterocycles. The van der Waals surface area contributed by atoms with Crippen LogP contribution in [0.2, 0.25) is 0 Å². The molecule has 4 nitrogen and oxygen atoms in total. The summed E-state index contributed by atoms with van der Waals surface area (Å²) in [6, 6.07) is 11.3. The molecule has 0 saturated carbocycles. The predicted molar refractivity (Wildman–Crippen MR) is 84.9 cm³/mol. The van der Waals surface area contributed by atoms with E-state index in [-0.39, 0.29) is 17.2 Å². The Morgan fingerprint density at radius 3 is 2.00 bits per heavy atom. The first kappa shape index (κ1) is 16.2. The van der Waals surface area contributed by atoms with Crippen molar-refractivity contribution in [3.8, 4) is 17.2 Å². The van der Waals surface area contributed by atoms with E-state index in [0.717, 1.165) is 18.4 Å². The second-order valence-electron chi connectivity index (χ2n) is 5.85. The van der Waals surface area contributed by atoms with Gasteiger partial charge in [0.1, 0.15) is 17.2 Å². The number of hydrogen-bond donors (Lipinski definition) is 4. The van der Waals surface area contributed by atoms with Gasteiger partial charge in [0, 0.05) is 6.07 Å². The number of phenols is 3. The van der Waals surface area contributed by atoms with Crippen LogP contribution in [0.15, 0.2) is 42.5 Å². The highest BCUT2D eigenvalue weighted by Gasteiger charge is 2.12. The lowest BCUT2D eigenvalue weighted by Crippen LogP contribution is -2.04. The number of rotatable bonds is 6. The Labute approximate surface area is 130 Å². The minimum atomic E-state index is -0.708. The van der Waals surface area contributed by atoms with E-state index in [2.05, 4.69) is 6.92 Å². The minimum Gasteiger partial charge on any atom is -0.508 e. The lowest BCUT2D eigenvalue weighted by Gasteiger charge is -2.16. The highest BCUT2D eigenvalue weighted by atomic mass is 16.3. The molecule has 0 bridgehead atoms. The minimum absolute atomic E-state index is 0.0498. The summed E-state index contributed by atoms with van der Waals surface area (Å²) < 4.78 is 0. The SMILES string of the molecule is C[C@H](CC[C@@H](O)c1cc(O)cc(O)c1)Cc1ccc(O)cc1. The normalized spacial score (nSPS) is 13.7. The lowest BCUT2D eigenvalue weighted by molar-refractivity contribution is 0.157. The maximum Gasteiger partial charge on any atom is 0.119 e. The van der Waals surface area contributed by atoms with Crippen LogP contribution in [0.3, 0.4) is 0 Å². The zero-order valence-corrected chi connectivity index (χ0v) is 12.6. The molecule has 0 heterocycles. The van der Waals surface area contributed by atoms with Crippen LogP contribution >= 0.6 is 0 Å². The van der Waals surface area contributed by atoms with Crippen LogP contribution in [0, 0.1) is 5.92 Å². The first-order valence-electron chi connectivity index (χ1n) is 7.43. The molecular formula is C18H22O4. The Balaban J connectivity index is 1.87. The third-order valence-electron chi connectivity index (χ3n) is 3.76. The Hall–Kier alpha value is -2.20. The first-order valence-corrected chi connectivity index (χ1v) is 7.43. The number of phenolic OH excluding ortho intramolecular Hbond substituents is 3. The van der Waals surface area contributed by atoms with Crippen molar-refractivity contribution in [3.63, 3.8) is 0 Å². The Morgan fingerprint density at radius 2 is 1.41 bits per heavy atom. The molecular weight excluding hydrogens is 280 g/mol. The zero-order valence-electron chi connectivity index (χ0n) is 12.6. The van der Waals surface area contributed by atoms with Crippen molar-refractivity contribution in [3.05, 3.63) is 53.6 Å². The second-order valence-corrected chi connectivity index (χ2v) is 5.85. The van der Waals surface area contributed by atoms with E-state index in [1.54, 1.807) is 12.1 Å². The topological polar surface area (TPSA) is 80.9 Å². The molecule has 4 heteroatoms. The van der Waals surface area contributed by atoms with Crippen LogP contribution in [0.5, 0.6) is 17.2 Å². The molecule has 4 N–H and O–H groups in total. The fourth-order valence-corrected chi connectivity index (χ4v) is 2.56. The fourth-order valence-electron chi connectivity index (χ4n) is 2.56. The quantitative estimate of drug-likeness (QED) is 0.658. The fraction of sp³-hybridized carbons (Fsp3) is 0.333. The molecule has 2 atom stereocenters. The van der Waals surface area contributed by atoms with Gasteiger partial charge in [-0.15, -0.1) is 0 Å². The number of aromatic hydroxyl groups is 3. The summed E-state index contributed by atoms with van der Waals surface area (Å²) in [7, 11) is 0. The first-order chi connectivity index (χ1) is 10.4. The molecule has 0 radical (unpaired) electrons. The van der Waals surface area contributed by atoms with Crippen LogP contribution < -0.4 is 0 Å². The van der Waals surface area contributed by atoms with Gasteiger partial charge in [-0.3, -0.25) is 0 Å². The molecule has 22 heavy (non-hydrogen) atoms. The van der Waals surface area contributed by atoms with Crippen molar-refractivity contribution < 1.29 is 20.4 Å². The number of hydrogen-bond acceptors (Lipinski definition) is 4. The average Bonchev–Trinajstić information content (AvgIpc) is 2.46. The Morgan fingerprint density at radius 1 is 0.818 bits per heavy atom. The van der Waals surface area contributed by atoms with Gasteiger partial charge in [0.05, 0.1) is 6.10 Å². The standard InChI is InChI=1S/C18H22O4/c1-12(8-13-3-5-15(19)6-4-13)2-7-18(22)14-9-16(20)11-17(21)10-14/h3-6,9-12,18-22H,2,7-8H2,1H3/t12-,18-/m1/s1. The summed E-state index contributed by atoms with van der Waals surface area (Å²) in [6.45, 7) is 2.11. The second kappa shape index (κ2) is 7.18. The zero-order chi connectivity index (χ0) is 16.1. The smallest absolute Gasteiger partial charge is 0.119 e. The van der Waals surface area contributed by atoms with E-state index in [4.69, 9.17) is 0 Å². The van der Waals surface area contributed by atoms with Gasteiger partial charge in [0.2, 0.25) is 0 Å². The van der Waals surface area contributed by atoms with E-state index in [9.17, 15) is 20.4 Å².